The summed E-state index contributed by atoms with van der Waals surface area (Å²) in [5.41, 5.74) is 1.88. The molecule has 1 aliphatic rings. The second-order valence-corrected chi connectivity index (χ2v) is 5.75. The largest absolute Gasteiger partial charge is 0.384 e. The van der Waals surface area contributed by atoms with Crippen LogP contribution < -0.4 is 5.32 Å². The van der Waals surface area contributed by atoms with Gasteiger partial charge in [0.15, 0.2) is 0 Å². The second-order valence-electron chi connectivity index (χ2n) is 5.75. The third-order valence-corrected chi connectivity index (χ3v) is 4.44. The van der Waals surface area contributed by atoms with Crippen molar-refractivity contribution in [2.45, 2.75) is 13.3 Å². The van der Waals surface area contributed by atoms with E-state index in [0.717, 1.165) is 41.0 Å². The van der Waals surface area contributed by atoms with Crippen LogP contribution in [0.25, 0.3) is 10.8 Å². The Labute approximate surface area is 126 Å². The average molecular weight is 279 g/mol. The molecule has 1 heterocycles. The molecule has 1 atom stereocenters. The number of anilines is 1. The fourth-order valence-corrected chi connectivity index (χ4v) is 3.17. The van der Waals surface area contributed by atoms with E-state index in [4.69, 9.17) is 0 Å². The number of fused-ring (bicyclic) bond motifs is 1. The first-order valence-corrected chi connectivity index (χ1v) is 7.70. The molecule has 0 radical (unpaired) electrons. The van der Waals surface area contributed by atoms with Crippen LogP contribution in [0, 0.1) is 17.2 Å². The Morgan fingerprint density at radius 3 is 2.76 bits per heavy atom. The molecule has 1 saturated heterocycles. The van der Waals surface area contributed by atoms with E-state index in [9.17, 15) is 5.26 Å². The molecule has 3 nitrogen and oxygen atoms in total. The van der Waals surface area contributed by atoms with Crippen LogP contribution >= 0.6 is 0 Å². The molecule has 3 rings (SSSR count). The minimum absolute atomic E-state index is 0.722. The maximum Gasteiger partial charge on any atom is 0.0998 e. The van der Waals surface area contributed by atoms with E-state index in [0.29, 0.717) is 0 Å². The van der Waals surface area contributed by atoms with E-state index < -0.39 is 0 Å². The standard InChI is InChI=1S/C18H21N3/c1-2-21-10-9-14(13-21)12-20-18-8-7-15(11-19)16-5-3-4-6-17(16)18/h3-8,14,20H,2,9-10,12-13H2,1H3. The van der Waals surface area contributed by atoms with Gasteiger partial charge in [0.05, 0.1) is 11.6 Å². The second kappa shape index (κ2) is 6.15. The molecule has 0 amide bonds. The molecule has 108 valence electrons. The van der Waals surface area contributed by atoms with Gasteiger partial charge in [0.2, 0.25) is 0 Å². The molecule has 0 aromatic heterocycles. The highest BCUT2D eigenvalue weighted by Gasteiger charge is 2.20. The molecule has 21 heavy (non-hydrogen) atoms. The molecule has 3 heteroatoms. The van der Waals surface area contributed by atoms with Crippen LogP contribution in [-0.4, -0.2) is 31.1 Å². The summed E-state index contributed by atoms with van der Waals surface area (Å²) in [6.07, 6.45) is 1.27. The van der Waals surface area contributed by atoms with Crippen LogP contribution in [0.5, 0.6) is 0 Å². The summed E-state index contributed by atoms with van der Waals surface area (Å²) in [4.78, 5) is 2.50. The number of nitrogens with zero attached hydrogens (tertiary/aromatic N) is 2. The van der Waals surface area contributed by atoms with Gasteiger partial charge in [-0.1, -0.05) is 31.2 Å². The number of nitrogens with one attached hydrogen (secondary N) is 1. The molecule has 1 unspecified atom stereocenters. The fraction of sp³-hybridized carbons (Fsp3) is 0.389. The minimum atomic E-state index is 0.722. The van der Waals surface area contributed by atoms with Gasteiger partial charge in [-0.3, -0.25) is 0 Å². The van der Waals surface area contributed by atoms with E-state index in [-0.39, 0.29) is 0 Å². The molecule has 0 saturated carbocycles. The third-order valence-electron chi connectivity index (χ3n) is 4.44. The van der Waals surface area contributed by atoms with Crippen molar-refractivity contribution < 1.29 is 0 Å². The number of likely N-dealkylation sites (tertiary alicyclic amines) is 1. The van der Waals surface area contributed by atoms with Crippen LogP contribution in [-0.2, 0) is 0 Å². The first-order valence-electron chi connectivity index (χ1n) is 7.70. The lowest BCUT2D eigenvalue weighted by molar-refractivity contribution is 0.345. The van der Waals surface area contributed by atoms with Crippen molar-refractivity contribution in [2.75, 3.05) is 31.5 Å². The zero-order valence-electron chi connectivity index (χ0n) is 12.5. The number of nitriles is 1. The fourth-order valence-electron chi connectivity index (χ4n) is 3.17. The average Bonchev–Trinajstić information content (AvgIpc) is 3.00. The minimum Gasteiger partial charge on any atom is -0.384 e. The number of benzene rings is 2. The van der Waals surface area contributed by atoms with Gasteiger partial charge in [-0.15, -0.1) is 0 Å². The Kier molecular flexibility index (Phi) is 4.08. The lowest BCUT2D eigenvalue weighted by atomic mass is 10.0. The van der Waals surface area contributed by atoms with Crippen molar-refractivity contribution in [1.82, 2.24) is 4.90 Å². The Bertz CT molecular complexity index is 672. The van der Waals surface area contributed by atoms with E-state index in [1.165, 1.54) is 19.5 Å². The van der Waals surface area contributed by atoms with Gasteiger partial charge in [0.1, 0.15) is 0 Å². The summed E-state index contributed by atoms with van der Waals surface area (Å²) in [7, 11) is 0. The number of hydrogen-bond donors (Lipinski definition) is 1. The third kappa shape index (κ3) is 2.86. The normalized spacial score (nSPS) is 18.8. The number of hydrogen-bond acceptors (Lipinski definition) is 3. The predicted octanol–water partition coefficient (Wildman–Crippen LogP) is 3.47. The highest BCUT2D eigenvalue weighted by atomic mass is 15.1. The van der Waals surface area contributed by atoms with Crippen molar-refractivity contribution in [3.63, 3.8) is 0 Å². The first-order chi connectivity index (χ1) is 10.3. The smallest absolute Gasteiger partial charge is 0.0998 e. The number of rotatable bonds is 4. The molecule has 2 aromatic rings. The first kappa shape index (κ1) is 13.9. The van der Waals surface area contributed by atoms with Gasteiger partial charge >= 0.3 is 0 Å². The summed E-state index contributed by atoms with van der Waals surface area (Å²) in [6, 6.07) is 14.4. The molecule has 1 fully saturated rings. The van der Waals surface area contributed by atoms with Crippen LogP contribution in [0.3, 0.4) is 0 Å². The predicted molar refractivity (Wildman–Crippen MR) is 87.4 cm³/mol. The van der Waals surface area contributed by atoms with E-state index in [2.05, 4.69) is 29.3 Å². The van der Waals surface area contributed by atoms with E-state index in [1.807, 2.05) is 30.3 Å². The highest BCUT2D eigenvalue weighted by Crippen LogP contribution is 2.27. The van der Waals surface area contributed by atoms with Crippen LogP contribution in [0.1, 0.15) is 18.9 Å². The maximum atomic E-state index is 9.21. The molecule has 0 bridgehead atoms. The molecule has 1 aliphatic heterocycles. The van der Waals surface area contributed by atoms with Gasteiger partial charge in [0, 0.05) is 29.5 Å². The van der Waals surface area contributed by atoms with E-state index >= 15 is 0 Å². The summed E-state index contributed by atoms with van der Waals surface area (Å²) in [5.74, 6) is 0.722. The topological polar surface area (TPSA) is 39.1 Å². The molecule has 1 N–H and O–H groups in total. The van der Waals surface area contributed by atoms with Crippen LogP contribution in [0.2, 0.25) is 0 Å². The molecule has 0 aliphatic carbocycles. The molecular formula is C18H21N3. The molecule has 2 aromatic carbocycles. The lowest BCUT2D eigenvalue weighted by Gasteiger charge is -2.16. The summed E-state index contributed by atoms with van der Waals surface area (Å²) >= 11 is 0. The maximum absolute atomic E-state index is 9.21. The molecular weight excluding hydrogens is 258 g/mol. The van der Waals surface area contributed by atoms with Gasteiger partial charge < -0.3 is 10.2 Å². The summed E-state index contributed by atoms with van der Waals surface area (Å²) in [5, 5.41) is 15.0. The zero-order valence-corrected chi connectivity index (χ0v) is 12.5. The van der Waals surface area contributed by atoms with Crippen molar-refractivity contribution in [3.8, 4) is 6.07 Å². The van der Waals surface area contributed by atoms with Crippen LogP contribution in [0.15, 0.2) is 36.4 Å². The van der Waals surface area contributed by atoms with Crippen molar-refractivity contribution in [2.24, 2.45) is 5.92 Å². The van der Waals surface area contributed by atoms with Gasteiger partial charge in [-0.25, -0.2) is 0 Å². The monoisotopic (exact) mass is 279 g/mol. The Morgan fingerprint density at radius 1 is 1.24 bits per heavy atom. The zero-order chi connectivity index (χ0) is 14.7. The summed E-state index contributed by atoms with van der Waals surface area (Å²) in [6.45, 7) is 6.79. The van der Waals surface area contributed by atoms with Gasteiger partial charge in [-0.2, -0.15) is 5.26 Å². The van der Waals surface area contributed by atoms with Crippen molar-refractivity contribution >= 4 is 16.5 Å². The van der Waals surface area contributed by atoms with Crippen molar-refractivity contribution in [1.29, 1.82) is 5.26 Å². The summed E-state index contributed by atoms with van der Waals surface area (Å²) < 4.78 is 0. The van der Waals surface area contributed by atoms with Crippen LogP contribution in [0.4, 0.5) is 5.69 Å². The highest BCUT2D eigenvalue weighted by molar-refractivity contribution is 5.97. The molecule has 0 spiro atoms. The quantitative estimate of drug-likeness (QED) is 0.931. The van der Waals surface area contributed by atoms with Gasteiger partial charge in [-0.05, 0) is 37.6 Å². The van der Waals surface area contributed by atoms with Crippen molar-refractivity contribution in [3.05, 3.63) is 42.0 Å². The lowest BCUT2D eigenvalue weighted by Crippen LogP contribution is -2.22. The Morgan fingerprint density at radius 2 is 2.05 bits per heavy atom. The Balaban J connectivity index is 1.78. The van der Waals surface area contributed by atoms with Gasteiger partial charge in [0.25, 0.3) is 0 Å². The Hall–Kier alpha value is -2.05. The SMILES string of the molecule is CCN1CCC(CNc2ccc(C#N)c3ccccc23)C1. The van der Waals surface area contributed by atoms with E-state index in [1.54, 1.807) is 0 Å².